The Hall–Kier alpha value is -1.06. The molecule has 0 aliphatic carbocycles. The van der Waals surface area contributed by atoms with Crippen LogP contribution < -0.4 is 10.1 Å². The second kappa shape index (κ2) is 6.03. The summed E-state index contributed by atoms with van der Waals surface area (Å²) in [6.07, 6.45) is 0. The highest BCUT2D eigenvalue weighted by atomic mass is 16.5. The predicted octanol–water partition coefficient (Wildman–Crippen LogP) is 2.33. The minimum absolute atomic E-state index is 0.300. The Bertz CT molecular complexity index is 342. The summed E-state index contributed by atoms with van der Waals surface area (Å²) in [5.41, 5.74) is 0.388. The molecule has 3 heteroatoms. The lowest BCUT2D eigenvalue weighted by atomic mass is 10.1. The quantitative estimate of drug-likeness (QED) is 0.798. The third-order valence-electron chi connectivity index (χ3n) is 2.20. The lowest BCUT2D eigenvalue weighted by molar-refractivity contribution is 0.0284. The molecule has 0 bridgehead atoms. The van der Waals surface area contributed by atoms with Crippen molar-refractivity contribution in [1.82, 2.24) is 5.32 Å². The van der Waals surface area contributed by atoms with Crippen molar-refractivity contribution in [2.45, 2.75) is 45.9 Å². The predicted molar refractivity (Wildman–Crippen MR) is 70.2 cm³/mol. The Balaban J connectivity index is 2.54. The van der Waals surface area contributed by atoms with Gasteiger partial charge in [-0.1, -0.05) is 26.0 Å². The van der Waals surface area contributed by atoms with Crippen LogP contribution in [0, 0.1) is 0 Å². The first-order valence-electron chi connectivity index (χ1n) is 6.04. The van der Waals surface area contributed by atoms with Crippen LogP contribution in [0.15, 0.2) is 24.3 Å². The average molecular weight is 237 g/mol. The van der Waals surface area contributed by atoms with Gasteiger partial charge in [0.1, 0.15) is 12.4 Å². The Morgan fingerprint density at radius 1 is 1.35 bits per heavy atom. The number of hydrogen-bond acceptors (Lipinski definition) is 3. The van der Waals surface area contributed by atoms with E-state index in [-0.39, 0.29) is 0 Å². The molecule has 0 saturated carbocycles. The molecule has 1 rings (SSSR count). The highest BCUT2D eigenvalue weighted by molar-refractivity contribution is 5.28. The molecule has 0 unspecified atom stereocenters. The van der Waals surface area contributed by atoms with Gasteiger partial charge in [0.2, 0.25) is 0 Å². The van der Waals surface area contributed by atoms with Crippen LogP contribution in [0.1, 0.15) is 33.3 Å². The first-order chi connectivity index (χ1) is 7.87. The van der Waals surface area contributed by atoms with E-state index in [1.807, 2.05) is 18.2 Å². The number of aliphatic hydroxyl groups is 1. The van der Waals surface area contributed by atoms with Crippen molar-refractivity contribution in [3.8, 4) is 5.75 Å². The van der Waals surface area contributed by atoms with Gasteiger partial charge in [-0.15, -0.1) is 0 Å². The molecular weight excluding hydrogens is 214 g/mol. The molecule has 0 atom stereocenters. The number of hydrogen-bond donors (Lipinski definition) is 2. The van der Waals surface area contributed by atoms with Crippen molar-refractivity contribution >= 4 is 0 Å². The van der Waals surface area contributed by atoms with Crippen molar-refractivity contribution in [1.29, 1.82) is 0 Å². The van der Waals surface area contributed by atoms with E-state index in [4.69, 9.17) is 4.74 Å². The lowest BCUT2D eigenvalue weighted by Gasteiger charge is -2.18. The van der Waals surface area contributed by atoms with Crippen molar-refractivity contribution in [3.05, 3.63) is 29.8 Å². The number of benzene rings is 1. The zero-order valence-corrected chi connectivity index (χ0v) is 11.2. The van der Waals surface area contributed by atoms with Crippen LogP contribution in [0.25, 0.3) is 0 Å². The Labute approximate surface area is 104 Å². The molecule has 96 valence electrons. The van der Waals surface area contributed by atoms with E-state index in [9.17, 15) is 5.11 Å². The summed E-state index contributed by atoms with van der Waals surface area (Å²) in [6, 6.07) is 8.41. The molecule has 1 aromatic rings. The summed E-state index contributed by atoms with van der Waals surface area (Å²) in [5.74, 6) is 0.801. The second-order valence-corrected chi connectivity index (χ2v) is 5.28. The Morgan fingerprint density at radius 3 is 2.65 bits per heavy atom. The van der Waals surface area contributed by atoms with E-state index in [1.54, 1.807) is 13.8 Å². The monoisotopic (exact) mass is 237 g/mol. The summed E-state index contributed by atoms with van der Waals surface area (Å²) in [4.78, 5) is 0. The van der Waals surface area contributed by atoms with Crippen molar-refractivity contribution in [2.75, 3.05) is 6.61 Å². The van der Waals surface area contributed by atoms with E-state index in [2.05, 4.69) is 25.2 Å². The van der Waals surface area contributed by atoms with Crippen LogP contribution in [0.5, 0.6) is 5.75 Å². The fourth-order valence-corrected chi connectivity index (χ4v) is 1.33. The SMILES string of the molecule is CC(C)NCc1cccc(OCC(C)(C)O)c1. The van der Waals surface area contributed by atoms with Crippen LogP contribution in [-0.4, -0.2) is 23.4 Å². The Kier molecular flexibility index (Phi) is 4.97. The average Bonchev–Trinajstić information content (AvgIpc) is 2.23. The Morgan fingerprint density at radius 2 is 2.06 bits per heavy atom. The van der Waals surface area contributed by atoms with E-state index in [0.717, 1.165) is 12.3 Å². The molecule has 0 heterocycles. The zero-order chi connectivity index (χ0) is 12.9. The van der Waals surface area contributed by atoms with Gasteiger partial charge in [0.05, 0.1) is 5.60 Å². The minimum atomic E-state index is -0.799. The van der Waals surface area contributed by atoms with Crippen LogP contribution in [0.3, 0.4) is 0 Å². The maximum Gasteiger partial charge on any atom is 0.119 e. The van der Waals surface area contributed by atoms with Gasteiger partial charge in [0, 0.05) is 12.6 Å². The summed E-state index contributed by atoms with van der Waals surface area (Å²) in [5, 5.41) is 12.9. The summed E-state index contributed by atoms with van der Waals surface area (Å²) in [6.45, 7) is 8.84. The third-order valence-corrected chi connectivity index (χ3v) is 2.20. The van der Waals surface area contributed by atoms with E-state index in [0.29, 0.717) is 12.6 Å². The first-order valence-corrected chi connectivity index (χ1v) is 6.04. The van der Waals surface area contributed by atoms with E-state index < -0.39 is 5.60 Å². The smallest absolute Gasteiger partial charge is 0.119 e. The highest BCUT2D eigenvalue weighted by Crippen LogP contribution is 2.15. The molecule has 0 radical (unpaired) electrons. The molecular formula is C14H23NO2. The molecule has 2 N–H and O–H groups in total. The van der Waals surface area contributed by atoms with Crippen molar-refractivity contribution < 1.29 is 9.84 Å². The minimum Gasteiger partial charge on any atom is -0.491 e. The van der Waals surface area contributed by atoms with E-state index in [1.165, 1.54) is 5.56 Å². The highest BCUT2D eigenvalue weighted by Gasteiger charge is 2.13. The molecule has 0 aliphatic heterocycles. The molecule has 0 saturated heterocycles. The number of nitrogens with one attached hydrogen (secondary N) is 1. The molecule has 0 fully saturated rings. The van der Waals surface area contributed by atoms with Gasteiger partial charge in [-0.3, -0.25) is 0 Å². The van der Waals surface area contributed by atoms with Crippen LogP contribution >= 0.6 is 0 Å². The van der Waals surface area contributed by atoms with Crippen molar-refractivity contribution in [2.24, 2.45) is 0 Å². The third kappa shape index (κ3) is 6.29. The molecule has 0 aliphatic rings. The normalized spacial score (nSPS) is 11.9. The summed E-state index contributed by atoms with van der Waals surface area (Å²) in [7, 11) is 0. The maximum atomic E-state index is 9.59. The molecule has 0 aromatic heterocycles. The summed E-state index contributed by atoms with van der Waals surface area (Å²) < 4.78 is 5.54. The summed E-state index contributed by atoms with van der Waals surface area (Å²) >= 11 is 0. The zero-order valence-electron chi connectivity index (χ0n) is 11.2. The second-order valence-electron chi connectivity index (χ2n) is 5.28. The molecule has 0 amide bonds. The van der Waals surface area contributed by atoms with Gasteiger partial charge >= 0.3 is 0 Å². The molecule has 0 spiro atoms. The van der Waals surface area contributed by atoms with Gasteiger partial charge in [0.15, 0.2) is 0 Å². The largest absolute Gasteiger partial charge is 0.491 e. The van der Waals surface area contributed by atoms with Crippen molar-refractivity contribution in [3.63, 3.8) is 0 Å². The topological polar surface area (TPSA) is 41.5 Å². The van der Waals surface area contributed by atoms with Crippen LogP contribution in [0.2, 0.25) is 0 Å². The van der Waals surface area contributed by atoms with Gasteiger partial charge < -0.3 is 15.2 Å². The molecule has 3 nitrogen and oxygen atoms in total. The van der Waals surface area contributed by atoms with Crippen LogP contribution in [-0.2, 0) is 6.54 Å². The van der Waals surface area contributed by atoms with Gasteiger partial charge in [-0.2, -0.15) is 0 Å². The van der Waals surface area contributed by atoms with Gasteiger partial charge in [-0.05, 0) is 31.5 Å². The number of rotatable bonds is 6. The fraction of sp³-hybridized carbons (Fsp3) is 0.571. The fourth-order valence-electron chi connectivity index (χ4n) is 1.33. The molecule has 1 aromatic carbocycles. The van der Waals surface area contributed by atoms with Crippen LogP contribution in [0.4, 0.5) is 0 Å². The van der Waals surface area contributed by atoms with Gasteiger partial charge in [-0.25, -0.2) is 0 Å². The van der Waals surface area contributed by atoms with E-state index >= 15 is 0 Å². The lowest BCUT2D eigenvalue weighted by Crippen LogP contribution is -2.28. The maximum absolute atomic E-state index is 9.59. The number of ether oxygens (including phenoxy) is 1. The molecule has 17 heavy (non-hydrogen) atoms. The van der Waals surface area contributed by atoms with Gasteiger partial charge in [0.25, 0.3) is 0 Å². The first kappa shape index (κ1) is 14.0. The standard InChI is InChI=1S/C14H23NO2/c1-11(2)15-9-12-6-5-7-13(8-12)17-10-14(3,4)16/h5-8,11,15-16H,9-10H2,1-4H3.